The second-order valence-electron chi connectivity index (χ2n) is 6.20. The van der Waals surface area contributed by atoms with Crippen molar-refractivity contribution >= 4 is 12.1 Å². The summed E-state index contributed by atoms with van der Waals surface area (Å²) >= 11 is 0. The molecule has 1 amide bonds. The van der Waals surface area contributed by atoms with E-state index in [0.717, 1.165) is 18.7 Å². The number of rotatable bonds is 4. The number of hydrazone groups is 1. The zero-order valence-corrected chi connectivity index (χ0v) is 13.8. The summed E-state index contributed by atoms with van der Waals surface area (Å²) < 4.78 is 12.8. The van der Waals surface area contributed by atoms with E-state index in [1.807, 2.05) is 0 Å². The van der Waals surface area contributed by atoms with Gasteiger partial charge in [-0.25, -0.2) is 9.82 Å². The smallest absolute Gasteiger partial charge is 0.254 e. The van der Waals surface area contributed by atoms with Crippen LogP contribution in [0.1, 0.15) is 27.8 Å². The van der Waals surface area contributed by atoms with E-state index in [0.29, 0.717) is 6.54 Å². The molecule has 0 aliphatic carbocycles. The van der Waals surface area contributed by atoms with Gasteiger partial charge in [0.25, 0.3) is 5.91 Å². The van der Waals surface area contributed by atoms with Crippen LogP contribution in [0.3, 0.4) is 0 Å². The summed E-state index contributed by atoms with van der Waals surface area (Å²) in [4.78, 5) is 14.1. The number of hydrogen-bond acceptors (Lipinski definition) is 3. The van der Waals surface area contributed by atoms with Crippen LogP contribution >= 0.6 is 0 Å². The highest BCUT2D eigenvalue weighted by Crippen LogP contribution is 2.25. The highest BCUT2D eigenvalue weighted by molar-refractivity contribution is 5.83. The van der Waals surface area contributed by atoms with Crippen molar-refractivity contribution in [2.24, 2.45) is 5.10 Å². The molecule has 1 aliphatic heterocycles. The highest BCUT2D eigenvalue weighted by Gasteiger charge is 2.21. The minimum atomic E-state index is -0.296. The number of halogens is 1. The van der Waals surface area contributed by atoms with Crippen LogP contribution in [-0.2, 0) is 17.9 Å². The first-order valence-corrected chi connectivity index (χ1v) is 7.90. The first-order valence-electron chi connectivity index (χ1n) is 7.90. The third-order valence-electron chi connectivity index (χ3n) is 4.24. The van der Waals surface area contributed by atoms with Gasteiger partial charge < -0.3 is 0 Å². The van der Waals surface area contributed by atoms with Crippen LogP contribution in [0.5, 0.6) is 0 Å². The fourth-order valence-corrected chi connectivity index (χ4v) is 2.85. The van der Waals surface area contributed by atoms with Gasteiger partial charge in [0.2, 0.25) is 0 Å². The van der Waals surface area contributed by atoms with Gasteiger partial charge in [-0.2, -0.15) is 5.10 Å². The number of aryl methyl sites for hydroxylation is 2. The van der Waals surface area contributed by atoms with Crippen LogP contribution in [0.4, 0.5) is 4.39 Å². The Balaban J connectivity index is 1.52. The molecule has 0 saturated heterocycles. The molecule has 0 aromatic heterocycles. The average Bonchev–Trinajstić information content (AvgIpc) is 2.90. The number of carbonyl (C=O) groups excluding carboxylic acids is 1. The van der Waals surface area contributed by atoms with Crippen LogP contribution in [0, 0.1) is 19.7 Å². The standard InChI is InChI=1S/C19H20FN3O/c1-13-7-16-10-23(11-17(16)8-14(13)2)12-19(24)22-21-9-15-3-5-18(20)6-4-15/h3-9H,10-12H2,1-2H3,(H,22,24)/b21-9-. The lowest BCUT2D eigenvalue weighted by Crippen LogP contribution is -2.32. The van der Waals surface area contributed by atoms with Gasteiger partial charge in [-0.15, -0.1) is 0 Å². The van der Waals surface area contributed by atoms with Crippen molar-refractivity contribution in [1.29, 1.82) is 0 Å². The van der Waals surface area contributed by atoms with E-state index in [1.165, 1.54) is 40.6 Å². The largest absolute Gasteiger partial charge is 0.286 e. The van der Waals surface area contributed by atoms with E-state index >= 15 is 0 Å². The molecule has 0 radical (unpaired) electrons. The van der Waals surface area contributed by atoms with Gasteiger partial charge in [-0.1, -0.05) is 24.3 Å². The number of nitrogens with zero attached hydrogens (tertiary/aromatic N) is 2. The van der Waals surface area contributed by atoms with Gasteiger partial charge in [0.1, 0.15) is 5.82 Å². The molecule has 4 nitrogen and oxygen atoms in total. The van der Waals surface area contributed by atoms with Crippen LogP contribution < -0.4 is 5.43 Å². The summed E-state index contributed by atoms with van der Waals surface area (Å²) in [5.41, 5.74) is 8.40. The maximum Gasteiger partial charge on any atom is 0.254 e. The quantitative estimate of drug-likeness (QED) is 0.694. The molecule has 124 valence electrons. The predicted octanol–water partition coefficient (Wildman–Crippen LogP) is 2.91. The number of benzene rings is 2. The summed E-state index contributed by atoms with van der Waals surface area (Å²) in [5.74, 6) is -0.454. The van der Waals surface area contributed by atoms with Crippen LogP contribution in [0.15, 0.2) is 41.5 Å². The maximum atomic E-state index is 12.8. The fraction of sp³-hybridized carbons (Fsp3) is 0.263. The minimum Gasteiger partial charge on any atom is -0.286 e. The molecule has 1 aliphatic rings. The van der Waals surface area contributed by atoms with Gasteiger partial charge in [-0.05, 0) is 53.8 Å². The molecule has 1 N–H and O–H groups in total. The van der Waals surface area contributed by atoms with E-state index in [2.05, 4.69) is 41.4 Å². The molecule has 0 saturated carbocycles. The van der Waals surface area contributed by atoms with Crippen LogP contribution in [-0.4, -0.2) is 23.6 Å². The molecule has 0 unspecified atom stereocenters. The van der Waals surface area contributed by atoms with Crippen molar-refractivity contribution in [2.75, 3.05) is 6.54 Å². The Kier molecular flexibility index (Phi) is 4.71. The van der Waals surface area contributed by atoms with Crippen molar-refractivity contribution in [2.45, 2.75) is 26.9 Å². The molecule has 2 aromatic carbocycles. The van der Waals surface area contributed by atoms with Gasteiger partial charge in [0, 0.05) is 13.1 Å². The Morgan fingerprint density at radius 2 is 1.75 bits per heavy atom. The Morgan fingerprint density at radius 1 is 1.17 bits per heavy atom. The lowest BCUT2D eigenvalue weighted by atomic mass is 10.0. The zero-order chi connectivity index (χ0) is 17.1. The van der Waals surface area contributed by atoms with Gasteiger partial charge in [-0.3, -0.25) is 9.69 Å². The molecule has 0 bridgehead atoms. The first-order chi connectivity index (χ1) is 11.5. The molecular weight excluding hydrogens is 305 g/mol. The maximum absolute atomic E-state index is 12.8. The second-order valence-corrected chi connectivity index (χ2v) is 6.20. The number of nitrogens with one attached hydrogen (secondary N) is 1. The topological polar surface area (TPSA) is 44.7 Å². The van der Waals surface area contributed by atoms with Crippen molar-refractivity contribution in [3.63, 3.8) is 0 Å². The Bertz CT molecular complexity index is 753. The predicted molar refractivity (Wildman–Crippen MR) is 92.2 cm³/mol. The Morgan fingerprint density at radius 3 is 2.33 bits per heavy atom. The third kappa shape index (κ3) is 3.86. The molecular formula is C19H20FN3O. The lowest BCUT2D eigenvalue weighted by Gasteiger charge is -2.12. The molecule has 1 heterocycles. The molecule has 24 heavy (non-hydrogen) atoms. The molecule has 0 fully saturated rings. The SMILES string of the molecule is Cc1cc2c(cc1C)CN(CC(=O)N/N=C\c1ccc(F)cc1)C2. The van der Waals surface area contributed by atoms with E-state index in [4.69, 9.17) is 0 Å². The van der Waals surface area contributed by atoms with Gasteiger partial charge >= 0.3 is 0 Å². The summed E-state index contributed by atoms with van der Waals surface area (Å²) in [6.07, 6.45) is 1.50. The lowest BCUT2D eigenvalue weighted by molar-refractivity contribution is -0.122. The van der Waals surface area contributed by atoms with Gasteiger partial charge in [0.05, 0.1) is 12.8 Å². The van der Waals surface area contributed by atoms with E-state index in [1.54, 1.807) is 12.1 Å². The first kappa shape index (κ1) is 16.3. The van der Waals surface area contributed by atoms with Crippen molar-refractivity contribution in [1.82, 2.24) is 10.3 Å². The summed E-state index contributed by atoms with van der Waals surface area (Å²) in [6.45, 7) is 6.08. The monoisotopic (exact) mass is 325 g/mol. The number of fused-ring (bicyclic) bond motifs is 1. The molecule has 3 rings (SSSR count). The molecule has 2 aromatic rings. The minimum absolute atomic E-state index is 0.158. The van der Waals surface area contributed by atoms with Gasteiger partial charge in [0.15, 0.2) is 0 Å². The second kappa shape index (κ2) is 6.93. The third-order valence-corrected chi connectivity index (χ3v) is 4.24. The zero-order valence-electron chi connectivity index (χ0n) is 13.8. The van der Waals surface area contributed by atoms with Crippen molar-refractivity contribution in [3.8, 4) is 0 Å². The van der Waals surface area contributed by atoms with Crippen molar-refractivity contribution in [3.05, 3.63) is 70.0 Å². The average molecular weight is 325 g/mol. The van der Waals surface area contributed by atoms with E-state index < -0.39 is 0 Å². The normalized spacial score (nSPS) is 14.1. The Labute approximate surface area is 141 Å². The fourth-order valence-electron chi connectivity index (χ4n) is 2.85. The summed E-state index contributed by atoms with van der Waals surface area (Å²) in [7, 11) is 0. The van der Waals surface area contributed by atoms with E-state index in [-0.39, 0.29) is 11.7 Å². The number of amides is 1. The summed E-state index contributed by atoms with van der Waals surface area (Å²) in [5, 5.41) is 3.92. The Hall–Kier alpha value is -2.53. The van der Waals surface area contributed by atoms with Crippen LogP contribution in [0.25, 0.3) is 0 Å². The number of hydrogen-bond donors (Lipinski definition) is 1. The highest BCUT2D eigenvalue weighted by atomic mass is 19.1. The summed E-state index contributed by atoms with van der Waals surface area (Å²) in [6, 6.07) is 10.3. The molecule has 0 spiro atoms. The van der Waals surface area contributed by atoms with Crippen LogP contribution in [0.2, 0.25) is 0 Å². The van der Waals surface area contributed by atoms with E-state index in [9.17, 15) is 9.18 Å². The molecule has 0 atom stereocenters. The van der Waals surface area contributed by atoms with Crippen molar-refractivity contribution < 1.29 is 9.18 Å². The number of carbonyl (C=O) groups is 1. The molecule has 5 heteroatoms.